The molecular formula is C71H50IN3. The first kappa shape index (κ1) is 44.1. The van der Waals surface area contributed by atoms with E-state index in [0.717, 1.165) is 28.4 Å². The van der Waals surface area contributed by atoms with Crippen LogP contribution in [0, 0.1) is 0 Å². The topological polar surface area (TPSA) is 13.1 Å². The van der Waals surface area contributed by atoms with Gasteiger partial charge in [0.2, 0.25) is 0 Å². The summed E-state index contributed by atoms with van der Waals surface area (Å²) in [6.45, 7) is 7.25. The van der Waals surface area contributed by atoms with Gasteiger partial charge in [-0.1, -0.05) is 206 Å². The molecule has 0 bridgehead atoms. The third kappa shape index (κ3) is 6.58. The van der Waals surface area contributed by atoms with Crippen molar-refractivity contribution in [3.63, 3.8) is 0 Å². The molecule has 75 heavy (non-hydrogen) atoms. The second-order valence-corrected chi connectivity index (χ2v) is 23.2. The normalized spacial score (nSPS) is 15.1. The summed E-state index contributed by atoms with van der Waals surface area (Å²) in [7, 11) is 0. The standard InChI is InChI=1S/C71H50IN3/c1-70(2)62-42-49(37-38-54(62)59-43-64-60(44-63(59)70)69-53(47-21-8-5-9-22-47)27-18-28-61(69)71(64,3)72)73(48-35-33-46(34-36-48)45-19-6-4-7-20-45)50-39-51(74-65-29-14-10-23-55(65)56-24-11-15-30-66(56)74)41-52(40-50)75-67-31-16-12-25-57(67)58-26-13-17-32-68(58)75/h4-44H,1-3H3. The van der Waals surface area contributed by atoms with E-state index in [1.54, 1.807) is 0 Å². The lowest BCUT2D eigenvalue weighted by Crippen LogP contribution is -2.17. The first-order valence-electron chi connectivity index (χ1n) is 26.0. The third-order valence-electron chi connectivity index (χ3n) is 16.5. The van der Waals surface area contributed by atoms with Gasteiger partial charge in [-0.3, -0.25) is 0 Å². The number of alkyl halides is 1. The van der Waals surface area contributed by atoms with Crippen molar-refractivity contribution in [3.8, 4) is 55.9 Å². The molecule has 0 spiro atoms. The van der Waals surface area contributed by atoms with E-state index in [2.05, 4.69) is 306 Å². The number of fused-ring (bicyclic) bond motifs is 12. The minimum Gasteiger partial charge on any atom is -0.310 e. The molecule has 1 unspecified atom stereocenters. The average molecular weight is 1070 g/mol. The molecule has 2 aliphatic carbocycles. The smallest absolute Gasteiger partial charge is 0.0703 e. The van der Waals surface area contributed by atoms with E-state index in [1.807, 2.05) is 0 Å². The molecular weight excluding hydrogens is 1020 g/mol. The number of benzene rings is 11. The number of rotatable bonds is 7. The van der Waals surface area contributed by atoms with E-state index in [1.165, 1.54) is 110 Å². The van der Waals surface area contributed by atoms with Crippen LogP contribution >= 0.6 is 22.6 Å². The number of hydrogen-bond acceptors (Lipinski definition) is 1. The van der Waals surface area contributed by atoms with Gasteiger partial charge in [0.15, 0.2) is 0 Å². The third-order valence-corrected chi connectivity index (χ3v) is 17.7. The molecule has 15 rings (SSSR count). The zero-order valence-electron chi connectivity index (χ0n) is 41.9. The number of nitrogens with zero attached hydrogens (tertiary/aromatic N) is 3. The zero-order valence-corrected chi connectivity index (χ0v) is 44.0. The number of para-hydroxylation sites is 4. The fourth-order valence-electron chi connectivity index (χ4n) is 13.0. The van der Waals surface area contributed by atoms with E-state index in [0.29, 0.717) is 0 Å². The molecule has 0 saturated heterocycles. The lowest BCUT2D eigenvalue weighted by Gasteiger charge is -2.29. The highest BCUT2D eigenvalue weighted by molar-refractivity contribution is 14.1. The highest BCUT2D eigenvalue weighted by atomic mass is 127. The predicted molar refractivity (Wildman–Crippen MR) is 324 cm³/mol. The van der Waals surface area contributed by atoms with Crippen LogP contribution in [-0.4, -0.2) is 9.13 Å². The maximum absolute atomic E-state index is 2.71. The van der Waals surface area contributed by atoms with Gasteiger partial charge in [0.25, 0.3) is 0 Å². The molecule has 0 aliphatic heterocycles. The first-order chi connectivity index (χ1) is 36.7. The fraction of sp³-hybridized carbons (Fsp3) is 0.0704. The molecule has 2 aromatic heterocycles. The van der Waals surface area contributed by atoms with Crippen LogP contribution in [-0.2, 0) is 8.84 Å². The van der Waals surface area contributed by atoms with E-state index >= 15 is 0 Å². The van der Waals surface area contributed by atoms with Crippen LogP contribution in [0.25, 0.3) is 99.5 Å². The molecule has 2 aliphatic rings. The predicted octanol–water partition coefficient (Wildman–Crippen LogP) is 19.7. The van der Waals surface area contributed by atoms with Crippen LogP contribution in [0.4, 0.5) is 17.1 Å². The van der Waals surface area contributed by atoms with Gasteiger partial charge in [-0.15, -0.1) is 0 Å². The largest absolute Gasteiger partial charge is 0.310 e. The van der Waals surface area contributed by atoms with Crippen molar-refractivity contribution in [1.82, 2.24) is 9.13 Å². The lowest BCUT2D eigenvalue weighted by molar-refractivity contribution is 0.660. The second-order valence-electron chi connectivity index (χ2n) is 21.1. The van der Waals surface area contributed by atoms with Gasteiger partial charge in [0.05, 0.1) is 42.6 Å². The van der Waals surface area contributed by atoms with Crippen LogP contribution in [0.15, 0.2) is 249 Å². The lowest BCUT2D eigenvalue weighted by atomic mass is 9.81. The summed E-state index contributed by atoms with van der Waals surface area (Å²) >= 11 is 2.71. The van der Waals surface area contributed by atoms with Gasteiger partial charge in [-0.25, -0.2) is 0 Å². The fourth-order valence-corrected chi connectivity index (χ4v) is 13.9. The molecule has 13 aromatic rings. The average Bonchev–Trinajstić information content (AvgIpc) is 4.18. The summed E-state index contributed by atoms with van der Waals surface area (Å²) in [5.41, 5.74) is 25.6. The Hall–Kier alpha value is -8.45. The molecule has 3 nitrogen and oxygen atoms in total. The maximum atomic E-state index is 2.71. The molecule has 1 atom stereocenters. The molecule has 2 heterocycles. The van der Waals surface area contributed by atoms with E-state index in [4.69, 9.17) is 0 Å². The van der Waals surface area contributed by atoms with Crippen LogP contribution in [0.2, 0.25) is 0 Å². The Balaban J connectivity index is 0.967. The van der Waals surface area contributed by atoms with Crippen molar-refractivity contribution in [2.24, 2.45) is 0 Å². The minimum absolute atomic E-state index is 0.187. The quantitative estimate of drug-likeness (QED) is 0.115. The van der Waals surface area contributed by atoms with Gasteiger partial charge in [0.1, 0.15) is 0 Å². The summed E-state index contributed by atoms with van der Waals surface area (Å²) in [5.74, 6) is 0. The monoisotopic (exact) mass is 1070 g/mol. The summed E-state index contributed by atoms with van der Waals surface area (Å²) in [4.78, 5) is 2.49. The second kappa shape index (κ2) is 16.5. The Kier molecular flexibility index (Phi) is 9.71. The Bertz CT molecular complexity index is 4220. The van der Waals surface area contributed by atoms with Gasteiger partial charge in [0, 0.05) is 38.3 Å². The van der Waals surface area contributed by atoms with Crippen LogP contribution in [0.3, 0.4) is 0 Å². The Morgan fingerprint density at radius 2 is 0.787 bits per heavy atom. The first-order valence-corrected chi connectivity index (χ1v) is 27.1. The highest BCUT2D eigenvalue weighted by Crippen LogP contribution is 2.60. The van der Waals surface area contributed by atoms with Crippen molar-refractivity contribution in [2.45, 2.75) is 29.6 Å². The molecule has 11 aromatic carbocycles. The Morgan fingerprint density at radius 1 is 0.320 bits per heavy atom. The van der Waals surface area contributed by atoms with Gasteiger partial charge < -0.3 is 14.0 Å². The molecule has 0 saturated carbocycles. The van der Waals surface area contributed by atoms with E-state index in [9.17, 15) is 0 Å². The van der Waals surface area contributed by atoms with Crippen molar-refractivity contribution >= 4 is 83.3 Å². The molecule has 356 valence electrons. The highest BCUT2D eigenvalue weighted by Gasteiger charge is 2.43. The van der Waals surface area contributed by atoms with Crippen LogP contribution in [0.5, 0.6) is 0 Å². The molecule has 0 fully saturated rings. The number of aromatic nitrogens is 2. The number of hydrogen-bond donors (Lipinski definition) is 0. The van der Waals surface area contributed by atoms with Crippen molar-refractivity contribution in [1.29, 1.82) is 0 Å². The van der Waals surface area contributed by atoms with E-state index in [-0.39, 0.29) is 8.84 Å². The van der Waals surface area contributed by atoms with Gasteiger partial charge >= 0.3 is 0 Å². The van der Waals surface area contributed by atoms with Crippen LogP contribution in [0.1, 0.15) is 43.0 Å². The minimum atomic E-state index is -0.288. The van der Waals surface area contributed by atoms with Gasteiger partial charge in [-0.2, -0.15) is 0 Å². The molecule has 0 radical (unpaired) electrons. The van der Waals surface area contributed by atoms with Crippen molar-refractivity contribution in [2.75, 3.05) is 4.90 Å². The number of anilines is 3. The summed E-state index contributed by atoms with van der Waals surface area (Å²) in [5, 5.41) is 4.94. The summed E-state index contributed by atoms with van der Waals surface area (Å²) < 4.78 is 4.74. The zero-order chi connectivity index (χ0) is 50.2. The maximum Gasteiger partial charge on any atom is 0.0703 e. The number of halogens is 1. The Morgan fingerprint density at radius 3 is 1.35 bits per heavy atom. The molecule has 4 heteroatoms. The summed E-state index contributed by atoms with van der Waals surface area (Å²) in [6.07, 6.45) is 0. The SMILES string of the molecule is CC1(C)c2cc(N(c3ccc(-c4ccccc4)cc3)c3cc(-n4c5ccccc5c5ccccc54)cc(-n4c5ccccc5c5ccccc54)c3)ccc2-c2cc3c(cc21)-c1c(-c2ccccc2)cccc1C3(C)I. The molecule has 0 amide bonds. The summed E-state index contributed by atoms with van der Waals surface area (Å²) in [6, 6.07) is 92.6. The Labute approximate surface area is 450 Å². The van der Waals surface area contributed by atoms with Crippen molar-refractivity contribution in [3.05, 3.63) is 271 Å². The van der Waals surface area contributed by atoms with E-state index < -0.39 is 0 Å². The van der Waals surface area contributed by atoms with Crippen LogP contribution < -0.4 is 4.90 Å². The van der Waals surface area contributed by atoms with Crippen molar-refractivity contribution < 1.29 is 0 Å². The molecule has 0 N–H and O–H groups in total. The van der Waals surface area contributed by atoms with Gasteiger partial charge in [-0.05, 0) is 153 Å².